The lowest BCUT2D eigenvalue weighted by Crippen LogP contribution is -2.01. The summed E-state index contributed by atoms with van der Waals surface area (Å²) in [5, 5.41) is 18.1. The van der Waals surface area contributed by atoms with Crippen LogP contribution >= 0.6 is 11.8 Å². The number of hydrogen-bond donors (Lipinski definition) is 0. The van der Waals surface area contributed by atoms with E-state index in [2.05, 4.69) is 50.9 Å². The standard InChI is InChI=1S/C22H23N5O2S/c1-5-27-19(18-9-7-6-8-14(18)2)23-26-22(27)30-15(3)20-24-25-21(29-20)16-10-12-17(28-4)13-11-16/h6-13,15H,5H2,1-4H3. The number of aromatic nitrogens is 5. The summed E-state index contributed by atoms with van der Waals surface area (Å²) < 4.78 is 13.2. The Labute approximate surface area is 179 Å². The van der Waals surface area contributed by atoms with Gasteiger partial charge in [0, 0.05) is 17.7 Å². The maximum Gasteiger partial charge on any atom is 0.247 e. The lowest BCUT2D eigenvalue weighted by molar-refractivity contribution is 0.415. The highest BCUT2D eigenvalue weighted by Crippen LogP contribution is 2.36. The van der Waals surface area contributed by atoms with Gasteiger partial charge in [0.15, 0.2) is 11.0 Å². The topological polar surface area (TPSA) is 78.9 Å². The minimum Gasteiger partial charge on any atom is -0.497 e. The molecule has 4 rings (SSSR count). The van der Waals surface area contributed by atoms with Crippen LogP contribution in [0.3, 0.4) is 0 Å². The van der Waals surface area contributed by atoms with Crippen molar-refractivity contribution >= 4 is 11.8 Å². The minimum absolute atomic E-state index is 0.0660. The van der Waals surface area contributed by atoms with Crippen molar-refractivity contribution < 1.29 is 9.15 Å². The summed E-state index contributed by atoms with van der Waals surface area (Å²) in [6.07, 6.45) is 0. The van der Waals surface area contributed by atoms with Crippen LogP contribution in [-0.4, -0.2) is 32.1 Å². The summed E-state index contributed by atoms with van der Waals surface area (Å²) in [6.45, 7) is 6.97. The van der Waals surface area contributed by atoms with Crippen molar-refractivity contribution in [1.82, 2.24) is 25.0 Å². The van der Waals surface area contributed by atoms with E-state index in [1.165, 1.54) is 5.56 Å². The van der Waals surface area contributed by atoms with Crippen LogP contribution in [0.1, 0.15) is 30.6 Å². The second-order valence-electron chi connectivity index (χ2n) is 6.80. The third-order valence-corrected chi connectivity index (χ3v) is 5.89. The molecule has 4 aromatic rings. The molecule has 2 aromatic carbocycles. The van der Waals surface area contributed by atoms with E-state index >= 15 is 0 Å². The monoisotopic (exact) mass is 421 g/mol. The molecule has 8 heteroatoms. The molecule has 0 fully saturated rings. The largest absolute Gasteiger partial charge is 0.497 e. The Balaban J connectivity index is 1.55. The Bertz CT molecular complexity index is 1140. The SMILES string of the molecule is CCn1c(SC(C)c2nnc(-c3ccc(OC)cc3)o2)nnc1-c1ccccc1C. The van der Waals surface area contributed by atoms with Crippen molar-refractivity contribution in [1.29, 1.82) is 0 Å². The molecule has 0 aliphatic rings. The average Bonchev–Trinajstić information content (AvgIpc) is 3.41. The third kappa shape index (κ3) is 3.95. The summed E-state index contributed by atoms with van der Waals surface area (Å²) in [5.41, 5.74) is 3.11. The van der Waals surface area contributed by atoms with Crippen LogP contribution in [-0.2, 0) is 6.54 Å². The fraction of sp³-hybridized carbons (Fsp3) is 0.273. The third-order valence-electron chi connectivity index (χ3n) is 4.83. The normalized spacial score (nSPS) is 12.1. The van der Waals surface area contributed by atoms with Crippen LogP contribution in [0, 0.1) is 6.92 Å². The highest BCUT2D eigenvalue weighted by atomic mass is 32.2. The van der Waals surface area contributed by atoms with E-state index in [0.717, 1.165) is 34.4 Å². The Hall–Kier alpha value is -3.13. The molecule has 30 heavy (non-hydrogen) atoms. The van der Waals surface area contributed by atoms with Crippen LogP contribution in [0.5, 0.6) is 5.75 Å². The van der Waals surface area contributed by atoms with Crippen molar-refractivity contribution in [3.8, 4) is 28.6 Å². The second kappa shape index (κ2) is 8.71. The summed E-state index contributed by atoms with van der Waals surface area (Å²) in [5.74, 6) is 2.69. The van der Waals surface area contributed by atoms with Crippen LogP contribution < -0.4 is 4.74 Å². The first kappa shape index (κ1) is 20.2. The number of methoxy groups -OCH3 is 1. The Kier molecular flexibility index (Phi) is 5.85. The molecule has 0 aliphatic heterocycles. The van der Waals surface area contributed by atoms with Gasteiger partial charge >= 0.3 is 0 Å². The minimum atomic E-state index is -0.0660. The smallest absolute Gasteiger partial charge is 0.247 e. The van der Waals surface area contributed by atoms with Gasteiger partial charge in [-0.15, -0.1) is 20.4 Å². The number of aryl methyl sites for hydroxylation is 1. The summed E-state index contributed by atoms with van der Waals surface area (Å²) >= 11 is 1.56. The van der Waals surface area contributed by atoms with E-state index in [9.17, 15) is 0 Å². The molecule has 0 bridgehead atoms. The molecule has 0 saturated carbocycles. The van der Waals surface area contributed by atoms with E-state index in [1.54, 1.807) is 18.9 Å². The zero-order chi connectivity index (χ0) is 21.1. The Morgan fingerprint density at radius 1 is 1.03 bits per heavy atom. The lowest BCUT2D eigenvalue weighted by Gasteiger charge is -2.10. The summed E-state index contributed by atoms with van der Waals surface area (Å²) in [7, 11) is 1.64. The molecule has 1 unspecified atom stereocenters. The molecule has 1 atom stereocenters. The van der Waals surface area contributed by atoms with Crippen LogP contribution in [0.25, 0.3) is 22.8 Å². The number of benzene rings is 2. The quantitative estimate of drug-likeness (QED) is 0.380. The number of thioether (sulfide) groups is 1. The van der Waals surface area contributed by atoms with E-state index in [-0.39, 0.29) is 5.25 Å². The van der Waals surface area contributed by atoms with Gasteiger partial charge < -0.3 is 13.7 Å². The van der Waals surface area contributed by atoms with E-state index in [1.807, 2.05) is 43.3 Å². The molecular weight excluding hydrogens is 398 g/mol. The Morgan fingerprint density at radius 3 is 2.50 bits per heavy atom. The molecule has 2 aromatic heterocycles. The van der Waals surface area contributed by atoms with Gasteiger partial charge in [0.25, 0.3) is 0 Å². The summed E-state index contributed by atoms with van der Waals surface area (Å²) in [6, 6.07) is 15.7. The Morgan fingerprint density at radius 2 is 1.80 bits per heavy atom. The van der Waals surface area contributed by atoms with E-state index in [4.69, 9.17) is 9.15 Å². The first-order valence-electron chi connectivity index (χ1n) is 9.74. The van der Waals surface area contributed by atoms with E-state index in [0.29, 0.717) is 11.8 Å². The van der Waals surface area contributed by atoms with Crippen molar-refractivity contribution in [3.63, 3.8) is 0 Å². The fourth-order valence-corrected chi connectivity index (χ4v) is 4.08. The highest BCUT2D eigenvalue weighted by molar-refractivity contribution is 7.99. The van der Waals surface area contributed by atoms with Gasteiger partial charge in [0.1, 0.15) is 5.75 Å². The van der Waals surface area contributed by atoms with Gasteiger partial charge in [-0.1, -0.05) is 36.0 Å². The van der Waals surface area contributed by atoms with Gasteiger partial charge in [0.05, 0.1) is 12.4 Å². The summed E-state index contributed by atoms with van der Waals surface area (Å²) in [4.78, 5) is 0. The van der Waals surface area contributed by atoms with Gasteiger partial charge in [0.2, 0.25) is 11.8 Å². The maximum atomic E-state index is 5.92. The predicted molar refractivity (Wildman–Crippen MR) is 116 cm³/mol. The molecule has 2 heterocycles. The first-order chi connectivity index (χ1) is 14.6. The zero-order valence-corrected chi connectivity index (χ0v) is 18.2. The van der Waals surface area contributed by atoms with Crippen molar-refractivity contribution in [2.75, 3.05) is 7.11 Å². The molecule has 0 aliphatic carbocycles. The van der Waals surface area contributed by atoms with Crippen molar-refractivity contribution in [3.05, 3.63) is 60.0 Å². The van der Waals surface area contributed by atoms with Crippen molar-refractivity contribution in [2.24, 2.45) is 0 Å². The highest BCUT2D eigenvalue weighted by Gasteiger charge is 2.21. The van der Waals surface area contributed by atoms with Gasteiger partial charge in [-0.05, 0) is 50.6 Å². The number of ether oxygens (including phenoxy) is 1. The van der Waals surface area contributed by atoms with Crippen LogP contribution in [0.15, 0.2) is 58.1 Å². The zero-order valence-electron chi connectivity index (χ0n) is 17.4. The molecule has 0 saturated heterocycles. The van der Waals surface area contributed by atoms with Crippen LogP contribution in [0.4, 0.5) is 0 Å². The van der Waals surface area contributed by atoms with Crippen molar-refractivity contribution in [2.45, 2.75) is 37.7 Å². The maximum absolute atomic E-state index is 5.92. The average molecular weight is 422 g/mol. The number of hydrogen-bond acceptors (Lipinski definition) is 7. The van der Waals surface area contributed by atoms with Gasteiger partial charge in [-0.3, -0.25) is 0 Å². The predicted octanol–water partition coefficient (Wildman–Crippen LogP) is 5.19. The molecule has 0 N–H and O–H groups in total. The lowest BCUT2D eigenvalue weighted by atomic mass is 10.1. The fourth-order valence-electron chi connectivity index (χ4n) is 3.14. The van der Waals surface area contributed by atoms with Gasteiger partial charge in [-0.2, -0.15) is 0 Å². The second-order valence-corrected chi connectivity index (χ2v) is 8.11. The van der Waals surface area contributed by atoms with E-state index < -0.39 is 0 Å². The molecule has 0 spiro atoms. The van der Waals surface area contributed by atoms with Gasteiger partial charge in [-0.25, -0.2) is 0 Å². The molecular formula is C22H23N5O2S. The first-order valence-corrected chi connectivity index (χ1v) is 10.6. The molecule has 0 radical (unpaired) electrons. The van der Waals surface area contributed by atoms with Crippen LogP contribution in [0.2, 0.25) is 0 Å². The molecule has 0 amide bonds. The molecule has 7 nitrogen and oxygen atoms in total. The number of rotatable bonds is 7. The number of nitrogens with zero attached hydrogens (tertiary/aromatic N) is 5. The molecule has 154 valence electrons.